The van der Waals surface area contributed by atoms with Gasteiger partial charge < -0.3 is 24.8 Å². The van der Waals surface area contributed by atoms with Crippen molar-refractivity contribution in [1.29, 1.82) is 0 Å². The Morgan fingerprint density at radius 2 is 1.86 bits per heavy atom. The van der Waals surface area contributed by atoms with Gasteiger partial charge in [-0.25, -0.2) is 14.5 Å². The number of carbonyl (C=O) groups is 1. The summed E-state index contributed by atoms with van der Waals surface area (Å²) in [5, 5.41) is 24.6. The number of benzene rings is 1. The molecule has 1 aromatic carbocycles. The monoisotopic (exact) mass is 611 g/mol. The lowest BCUT2D eigenvalue weighted by molar-refractivity contribution is 0.0314. The number of sulfonamides is 1. The first kappa shape index (κ1) is 31.0. The second-order valence-corrected chi connectivity index (χ2v) is 13.5. The van der Waals surface area contributed by atoms with Crippen LogP contribution in [-0.2, 0) is 34.1 Å². The van der Waals surface area contributed by atoms with Crippen LogP contribution in [0.1, 0.15) is 57.1 Å². The van der Waals surface area contributed by atoms with Gasteiger partial charge in [0.15, 0.2) is 5.03 Å². The highest BCUT2D eigenvalue weighted by atomic mass is 32.2. The van der Waals surface area contributed by atoms with E-state index in [1.807, 2.05) is 24.3 Å². The third-order valence-corrected chi connectivity index (χ3v) is 9.42. The maximum absolute atomic E-state index is 13.1. The number of urea groups is 1. The summed E-state index contributed by atoms with van der Waals surface area (Å²) in [7, 11) is -4.20. The van der Waals surface area contributed by atoms with Gasteiger partial charge in [0.05, 0.1) is 11.8 Å². The molecule has 14 heteroatoms. The summed E-state index contributed by atoms with van der Waals surface area (Å²) in [5.74, 6) is 0.490. The first-order valence-corrected chi connectivity index (χ1v) is 16.0. The van der Waals surface area contributed by atoms with E-state index in [0.717, 1.165) is 67.2 Å². The molecule has 0 spiro atoms. The van der Waals surface area contributed by atoms with E-state index in [-0.39, 0.29) is 23.8 Å². The topological polar surface area (TPSA) is 165 Å². The van der Waals surface area contributed by atoms with Crippen molar-refractivity contribution in [3.8, 4) is 17.0 Å². The number of ether oxygens (including phenoxy) is 2. The Kier molecular flexibility index (Phi) is 9.11. The number of methoxy groups -OCH3 is 1. The highest BCUT2D eigenvalue weighted by Crippen LogP contribution is 2.38. The lowest BCUT2D eigenvalue weighted by Crippen LogP contribution is -2.35. The summed E-state index contributed by atoms with van der Waals surface area (Å²) < 4.78 is 41.1. The van der Waals surface area contributed by atoms with Crippen LogP contribution in [-0.4, -0.2) is 65.7 Å². The number of fused-ring (bicyclic) bond motifs is 1. The van der Waals surface area contributed by atoms with Crippen LogP contribution in [0.4, 0.5) is 10.5 Å². The van der Waals surface area contributed by atoms with Crippen LogP contribution in [0.2, 0.25) is 5.31 Å². The first-order valence-electron chi connectivity index (χ1n) is 14.5. The molecule has 2 heterocycles. The summed E-state index contributed by atoms with van der Waals surface area (Å²) in [4.78, 5) is 17.5. The predicted octanol–water partition coefficient (Wildman–Crippen LogP) is 3.53. The average molecular weight is 612 g/mol. The second kappa shape index (κ2) is 12.6. The molecule has 2 amide bonds. The summed E-state index contributed by atoms with van der Waals surface area (Å²) in [6.07, 6.45) is 9.56. The number of hydrogen-bond acceptors (Lipinski definition) is 9. The molecule has 2 aliphatic carbocycles. The minimum atomic E-state index is -4.31. The molecular weight excluding hydrogens is 573 g/mol. The van der Waals surface area contributed by atoms with E-state index in [1.54, 1.807) is 27.2 Å². The molecule has 1 fully saturated rings. The molecule has 0 atom stereocenters. The fraction of sp³-hybridized carbons (Fsp3) is 0.483. The Balaban J connectivity index is 1.34. The smallest absolute Gasteiger partial charge is 0.459 e. The van der Waals surface area contributed by atoms with Crippen LogP contribution < -0.4 is 14.8 Å². The van der Waals surface area contributed by atoms with Crippen LogP contribution in [0.3, 0.4) is 0 Å². The van der Waals surface area contributed by atoms with Gasteiger partial charge in [-0.05, 0) is 73.8 Å². The second-order valence-electron chi connectivity index (χ2n) is 11.9. The molecule has 12 nitrogen and oxygen atoms in total. The van der Waals surface area contributed by atoms with Crippen molar-refractivity contribution in [3.05, 3.63) is 53.9 Å². The number of aromatic nitrogens is 3. The molecule has 0 unspecified atom stereocenters. The number of aryl methyl sites for hydroxylation is 1. The van der Waals surface area contributed by atoms with Crippen LogP contribution in [0.5, 0.6) is 5.88 Å². The number of rotatable bonds is 10. The van der Waals surface area contributed by atoms with Crippen molar-refractivity contribution in [1.82, 2.24) is 19.5 Å². The number of amides is 2. The number of nitrogens with zero attached hydrogens (tertiary/aromatic N) is 3. The zero-order chi connectivity index (χ0) is 30.8. The number of anilines is 1. The fourth-order valence-corrected chi connectivity index (χ4v) is 6.49. The maximum atomic E-state index is 13.1. The summed E-state index contributed by atoms with van der Waals surface area (Å²) in [6, 6.07) is 7.99. The van der Waals surface area contributed by atoms with Crippen molar-refractivity contribution >= 4 is 28.9 Å². The molecule has 1 saturated carbocycles. The highest BCUT2D eigenvalue weighted by Gasteiger charge is 2.34. The van der Waals surface area contributed by atoms with E-state index < -0.39 is 28.5 Å². The normalized spacial score (nSPS) is 18.6. The fourth-order valence-electron chi connectivity index (χ4n) is 5.63. The minimum Gasteiger partial charge on any atom is -0.474 e. The Hall–Kier alpha value is -3.46. The van der Waals surface area contributed by atoms with Crippen LogP contribution >= 0.6 is 0 Å². The molecule has 4 N–H and O–H groups in total. The quantitative estimate of drug-likeness (QED) is 0.251. The van der Waals surface area contributed by atoms with Gasteiger partial charge in [0.1, 0.15) is 6.10 Å². The Morgan fingerprint density at radius 3 is 2.58 bits per heavy atom. The number of hydrogen-bond donors (Lipinski definition) is 4. The van der Waals surface area contributed by atoms with E-state index in [0.29, 0.717) is 11.6 Å². The Morgan fingerprint density at radius 1 is 1.12 bits per heavy atom. The third kappa shape index (κ3) is 7.20. The predicted molar refractivity (Wildman–Crippen MR) is 161 cm³/mol. The number of pyridine rings is 1. The molecule has 43 heavy (non-hydrogen) atoms. The van der Waals surface area contributed by atoms with E-state index in [1.165, 1.54) is 16.9 Å². The third-order valence-electron chi connectivity index (χ3n) is 8.20. The SMILES string of the molecule is COC1CCC(Oc2cc(-c3ccc4c(c3NC(=O)NS(=O)(=O)c3ccn(CC(C)(C)B(O)O)n3)CCC4)ccn2)CC1. The molecule has 5 rings (SSSR count). The zero-order valence-electron chi connectivity index (χ0n) is 24.6. The zero-order valence-corrected chi connectivity index (χ0v) is 25.4. The van der Waals surface area contributed by atoms with Gasteiger partial charge in [-0.1, -0.05) is 26.0 Å². The van der Waals surface area contributed by atoms with E-state index >= 15 is 0 Å². The van der Waals surface area contributed by atoms with Gasteiger partial charge in [0.2, 0.25) is 5.88 Å². The van der Waals surface area contributed by atoms with E-state index in [4.69, 9.17) is 9.47 Å². The summed E-state index contributed by atoms with van der Waals surface area (Å²) in [5.41, 5.74) is 4.14. The van der Waals surface area contributed by atoms with Crippen molar-refractivity contribution in [2.45, 2.75) is 87.9 Å². The lowest BCUT2D eigenvalue weighted by atomic mass is 9.60. The Bertz CT molecular complexity index is 1570. The lowest BCUT2D eigenvalue weighted by Gasteiger charge is -2.27. The first-order chi connectivity index (χ1) is 20.4. The largest absolute Gasteiger partial charge is 0.474 e. The minimum absolute atomic E-state index is 0.0472. The van der Waals surface area contributed by atoms with E-state index in [9.17, 15) is 23.3 Å². The maximum Gasteiger partial charge on any atom is 0.459 e. The molecular formula is C29H38BN5O7S. The number of nitrogens with one attached hydrogen (secondary N) is 2. The number of carbonyl (C=O) groups excluding carboxylic acids is 1. The van der Waals surface area contributed by atoms with Crippen molar-refractivity contribution in [2.24, 2.45) is 0 Å². The molecule has 2 aliphatic rings. The van der Waals surface area contributed by atoms with Crippen LogP contribution in [0.25, 0.3) is 11.1 Å². The molecule has 230 valence electrons. The van der Waals surface area contributed by atoms with E-state index in [2.05, 4.69) is 20.1 Å². The highest BCUT2D eigenvalue weighted by molar-refractivity contribution is 7.90. The van der Waals surface area contributed by atoms with Crippen LogP contribution in [0, 0.1) is 0 Å². The average Bonchev–Trinajstić information content (AvgIpc) is 3.64. The molecule has 0 bridgehead atoms. The van der Waals surface area contributed by atoms with Crippen molar-refractivity contribution in [3.63, 3.8) is 0 Å². The van der Waals surface area contributed by atoms with Gasteiger partial charge in [0, 0.05) is 43.0 Å². The summed E-state index contributed by atoms with van der Waals surface area (Å²) in [6.45, 7) is 3.28. The van der Waals surface area contributed by atoms with Gasteiger partial charge in [-0.3, -0.25) is 4.68 Å². The van der Waals surface area contributed by atoms with Crippen molar-refractivity contribution < 1.29 is 32.7 Å². The Labute approximate surface area is 252 Å². The standard InChI is InChI=1S/C29H38BN5O7S/c1-29(2,30(37)38)18-35-16-14-26(33-35)43(39,40)34-28(36)32-27-23-6-4-5-19(23)7-12-24(27)20-13-15-31-25(17-20)42-22-10-8-21(41-3)9-11-22/h7,12-17,21-22,37-38H,4-6,8-11,18H2,1-3H3,(H2,32,34,36). The summed E-state index contributed by atoms with van der Waals surface area (Å²) >= 11 is 0. The van der Waals surface area contributed by atoms with Gasteiger partial charge >= 0.3 is 13.1 Å². The molecule has 0 saturated heterocycles. The van der Waals surface area contributed by atoms with Crippen LogP contribution in [0.15, 0.2) is 47.8 Å². The van der Waals surface area contributed by atoms with Gasteiger partial charge in [0.25, 0.3) is 10.0 Å². The van der Waals surface area contributed by atoms with Crippen molar-refractivity contribution in [2.75, 3.05) is 12.4 Å². The molecule has 0 aliphatic heterocycles. The molecule has 2 aromatic heterocycles. The molecule has 3 aromatic rings. The van der Waals surface area contributed by atoms with Gasteiger partial charge in [-0.2, -0.15) is 13.5 Å². The van der Waals surface area contributed by atoms with Gasteiger partial charge in [-0.15, -0.1) is 0 Å². The molecule has 0 radical (unpaired) electrons.